The lowest BCUT2D eigenvalue weighted by molar-refractivity contribution is 0.488. The summed E-state index contributed by atoms with van der Waals surface area (Å²) < 4.78 is 2.79. The van der Waals surface area contributed by atoms with Crippen molar-refractivity contribution in [3.63, 3.8) is 0 Å². The Bertz CT molecular complexity index is 442. The SMILES string of the molecule is NNC(CCC1CC1)c1cc2sccc2s1. The van der Waals surface area contributed by atoms with Gasteiger partial charge in [0.1, 0.15) is 0 Å². The third-order valence-corrected chi connectivity index (χ3v) is 5.47. The molecule has 3 N–H and O–H groups in total. The Labute approximate surface area is 103 Å². The van der Waals surface area contributed by atoms with E-state index in [1.54, 1.807) is 0 Å². The lowest BCUT2D eigenvalue weighted by Crippen LogP contribution is -2.27. The molecule has 0 saturated heterocycles. The molecule has 0 aliphatic heterocycles. The molecule has 1 atom stereocenters. The molecule has 1 aliphatic rings. The molecule has 1 saturated carbocycles. The fraction of sp³-hybridized carbons (Fsp3) is 0.500. The first kappa shape index (κ1) is 10.7. The molecule has 2 aromatic rings. The lowest BCUT2D eigenvalue weighted by Gasteiger charge is -2.13. The van der Waals surface area contributed by atoms with Gasteiger partial charge in [-0.15, -0.1) is 22.7 Å². The van der Waals surface area contributed by atoms with Crippen LogP contribution in [0.3, 0.4) is 0 Å². The third kappa shape index (κ3) is 2.15. The van der Waals surface area contributed by atoms with Gasteiger partial charge in [0, 0.05) is 14.3 Å². The van der Waals surface area contributed by atoms with Crippen LogP contribution in [0.25, 0.3) is 9.40 Å². The number of hydrogen-bond acceptors (Lipinski definition) is 4. The monoisotopic (exact) mass is 252 g/mol. The van der Waals surface area contributed by atoms with E-state index in [1.165, 1.54) is 40.0 Å². The van der Waals surface area contributed by atoms with Crippen molar-refractivity contribution in [3.8, 4) is 0 Å². The van der Waals surface area contributed by atoms with E-state index in [0.29, 0.717) is 6.04 Å². The molecule has 0 spiro atoms. The van der Waals surface area contributed by atoms with E-state index in [4.69, 9.17) is 5.84 Å². The smallest absolute Gasteiger partial charge is 0.0554 e. The second-order valence-corrected chi connectivity index (χ2v) is 6.60. The second-order valence-electron chi connectivity index (χ2n) is 4.54. The summed E-state index contributed by atoms with van der Waals surface area (Å²) in [4.78, 5) is 1.39. The Morgan fingerprint density at radius 2 is 2.31 bits per heavy atom. The topological polar surface area (TPSA) is 38.0 Å². The van der Waals surface area contributed by atoms with E-state index >= 15 is 0 Å². The van der Waals surface area contributed by atoms with E-state index < -0.39 is 0 Å². The van der Waals surface area contributed by atoms with Crippen molar-refractivity contribution in [1.82, 2.24) is 5.43 Å². The van der Waals surface area contributed by atoms with Crippen molar-refractivity contribution >= 4 is 32.1 Å². The third-order valence-electron chi connectivity index (χ3n) is 3.26. The van der Waals surface area contributed by atoms with Crippen LogP contribution in [0.5, 0.6) is 0 Å². The molecular weight excluding hydrogens is 236 g/mol. The molecule has 2 heterocycles. The van der Waals surface area contributed by atoms with Gasteiger partial charge >= 0.3 is 0 Å². The second kappa shape index (κ2) is 4.45. The summed E-state index contributed by atoms with van der Waals surface area (Å²) in [5.74, 6) is 6.65. The van der Waals surface area contributed by atoms with Gasteiger partial charge in [0.25, 0.3) is 0 Å². The average molecular weight is 252 g/mol. The molecule has 3 rings (SSSR count). The maximum Gasteiger partial charge on any atom is 0.0554 e. The highest BCUT2D eigenvalue weighted by Crippen LogP contribution is 2.38. The van der Waals surface area contributed by atoms with Crippen molar-refractivity contribution in [1.29, 1.82) is 0 Å². The molecule has 0 radical (unpaired) electrons. The van der Waals surface area contributed by atoms with Crippen LogP contribution < -0.4 is 11.3 Å². The maximum atomic E-state index is 5.66. The highest BCUT2D eigenvalue weighted by atomic mass is 32.1. The minimum Gasteiger partial charge on any atom is -0.271 e. The van der Waals surface area contributed by atoms with E-state index in [1.807, 2.05) is 22.7 Å². The number of nitrogens with two attached hydrogens (primary N) is 1. The fourth-order valence-corrected chi connectivity index (χ4v) is 4.29. The summed E-state index contributed by atoms with van der Waals surface area (Å²) in [5.41, 5.74) is 2.97. The number of rotatable bonds is 5. The maximum absolute atomic E-state index is 5.66. The highest BCUT2D eigenvalue weighted by molar-refractivity contribution is 7.26. The quantitative estimate of drug-likeness (QED) is 0.629. The van der Waals surface area contributed by atoms with E-state index in [2.05, 4.69) is 22.9 Å². The molecular formula is C12H16N2S2. The Hall–Kier alpha value is -0.420. The van der Waals surface area contributed by atoms with Crippen LogP contribution in [0.15, 0.2) is 17.5 Å². The Morgan fingerprint density at radius 1 is 1.44 bits per heavy atom. The van der Waals surface area contributed by atoms with Crippen molar-refractivity contribution < 1.29 is 0 Å². The van der Waals surface area contributed by atoms with Gasteiger partial charge in [0.05, 0.1) is 6.04 Å². The van der Waals surface area contributed by atoms with Crippen LogP contribution in [0.1, 0.15) is 36.6 Å². The molecule has 1 unspecified atom stereocenters. The van der Waals surface area contributed by atoms with Crippen molar-refractivity contribution in [2.75, 3.05) is 0 Å². The first-order valence-corrected chi connectivity index (χ1v) is 7.49. The van der Waals surface area contributed by atoms with Crippen LogP contribution in [-0.2, 0) is 0 Å². The number of hydrazine groups is 1. The zero-order valence-corrected chi connectivity index (χ0v) is 10.7. The molecule has 1 fully saturated rings. The average Bonchev–Trinajstić information content (AvgIpc) is 2.85. The Morgan fingerprint density at radius 3 is 3.00 bits per heavy atom. The fourth-order valence-electron chi connectivity index (χ4n) is 2.07. The summed E-state index contributed by atoms with van der Waals surface area (Å²) in [6, 6.07) is 4.84. The van der Waals surface area contributed by atoms with Gasteiger partial charge in [-0.05, 0) is 36.3 Å². The standard InChI is InChI=1S/C12H16N2S2/c13-14-9(4-3-8-1-2-8)11-7-12-10(16-11)5-6-15-12/h5-9,14H,1-4,13H2. The molecule has 0 amide bonds. The van der Waals surface area contributed by atoms with Gasteiger partial charge < -0.3 is 0 Å². The lowest BCUT2D eigenvalue weighted by atomic mass is 10.1. The first-order valence-electron chi connectivity index (χ1n) is 5.80. The zero-order chi connectivity index (χ0) is 11.0. The Kier molecular flexibility index (Phi) is 2.98. The molecule has 2 nitrogen and oxygen atoms in total. The highest BCUT2D eigenvalue weighted by Gasteiger charge is 2.23. The predicted octanol–water partition coefficient (Wildman–Crippen LogP) is 3.66. The summed E-state index contributed by atoms with van der Waals surface area (Å²) in [6.45, 7) is 0. The largest absolute Gasteiger partial charge is 0.271 e. The van der Waals surface area contributed by atoms with Crippen LogP contribution in [0.2, 0.25) is 0 Å². The summed E-state index contributed by atoms with van der Waals surface area (Å²) >= 11 is 3.69. The summed E-state index contributed by atoms with van der Waals surface area (Å²) in [7, 11) is 0. The Balaban J connectivity index is 1.74. The van der Waals surface area contributed by atoms with Crippen molar-refractivity contribution in [3.05, 3.63) is 22.4 Å². The molecule has 16 heavy (non-hydrogen) atoms. The zero-order valence-electron chi connectivity index (χ0n) is 9.11. The minimum absolute atomic E-state index is 0.352. The summed E-state index contributed by atoms with van der Waals surface area (Å²) in [6.07, 6.45) is 5.35. The molecule has 0 bridgehead atoms. The molecule has 86 valence electrons. The van der Waals surface area contributed by atoms with Gasteiger partial charge in [-0.3, -0.25) is 11.3 Å². The minimum atomic E-state index is 0.352. The number of thiophene rings is 2. The van der Waals surface area contributed by atoms with Crippen LogP contribution >= 0.6 is 22.7 Å². The molecule has 1 aliphatic carbocycles. The van der Waals surface area contributed by atoms with Gasteiger partial charge in [-0.2, -0.15) is 0 Å². The molecule has 0 aromatic carbocycles. The van der Waals surface area contributed by atoms with Gasteiger partial charge in [0.15, 0.2) is 0 Å². The number of hydrogen-bond donors (Lipinski definition) is 2. The predicted molar refractivity (Wildman–Crippen MR) is 71.7 cm³/mol. The van der Waals surface area contributed by atoms with Crippen molar-refractivity contribution in [2.45, 2.75) is 31.7 Å². The van der Waals surface area contributed by atoms with Crippen LogP contribution in [-0.4, -0.2) is 0 Å². The van der Waals surface area contributed by atoms with E-state index in [0.717, 1.165) is 5.92 Å². The molecule has 4 heteroatoms. The first-order chi connectivity index (χ1) is 7.86. The van der Waals surface area contributed by atoms with E-state index in [-0.39, 0.29) is 0 Å². The van der Waals surface area contributed by atoms with Gasteiger partial charge in [-0.1, -0.05) is 12.8 Å². The normalized spacial score (nSPS) is 18.1. The van der Waals surface area contributed by atoms with Crippen molar-refractivity contribution in [2.24, 2.45) is 11.8 Å². The molecule has 2 aromatic heterocycles. The van der Waals surface area contributed by atoms with E-state index in [9.17, 15) is 0 Å². The van der Waals surface area contributed by atoms with Crippen LogP contribution in [0, 0.1) is 5.92 Å². The van der Waals surface area contributed by atoms with Gasteiger partial charge in [-0.25, -0.2) is 0 Å². The number of fused-ring (bicyclic) bond motifs is 1. The number of nitrogens with one attached hydrogen (secondary N) is 1. The summed E-state index contributed by atoms with van der Waals surface area (Å²) in [5, 5.41) is 2.15. The van der Waals surface area contributed by atoms with Gasteiger partial charge in [0.2, 0.25) is 0 Å². The van der Waals surface area contributed by atoms with Crippen LogP contribution in [0.4, 0.5) is 0 Å².